The minimum absolute atomic E-state index is 0.0410. The van der Waals surface area contributed by atoms with Crippen LogP contribution in [0.25, 0.3) is 0 Å². The van der Waals surface area contributed by atoms with Crippen molar-refractivity contribution in [2.24, 2.45) is 10.9 Å². The van der Waals surface area contributed by atoms with Crippen molar-refractivity contribution in [2.75, 3.05) is 0 Å². The van der Waals surface area contributed by atoms with Gasteiger partial charge in [0.2, 0.25) is 0 Å². The van der Waals surface area contributed by atoms with Crippen molar-refractivity contribution in [3.63, 3.8) is 0 Å². The zero-order valence-electron chi connectivity index (χ0n) is 11.4. The number of amidine groups is 1. The fourth-order valence-electron chi connectivity index (χ4n) is 2.43. The molecule has 0 unspecified atom stereocenters. The molecule has 0 radical (unpaired) electrons. The van der Waals surface area contributed by atoms with Crippen LogP contribution in [-0.4, -0.2) is 17.1 Å². The molecule has 116 valence electrons. The number of alkyl halides is 3. The van der Waals surface area contributed by atoms with Crippen molar-refractivity contribution < 1.29 is 23.1 Å². The van der Waals surface area contributed by atoms with Crippen molar-refractivity contribution in [3.05, 3.63) is 29.3 Å². The lowest BCUT2D eigenvalue weighted by molar-refractivity contribution is -0.137. The highest BCUT2D eigenvalue weighted by molar-refractivity contribution is 5.99. The highest BCUT2D eigenvalue weighted by atomic mass is 19.4. The Bertz CT molecular complexity index is 523. The Balaban J connectivity index is 2.31. The predicted molar refractivity (Wildman–Crippen MR) is 71.5 cm³/mol. The van der Waals surface area contributed by atoms with Gasteiger partial charge in [0, 0.05) is 0 Å². The highest BCUT2D eigenvalue weighted by Crippen LogP contribution is 2.33. The minimum atomic E-state index is -4.49. The molecule has 2 rings (SSSR count). The first-order valence-corrected chi connectivity index (χ1v) is 6.77. The number of benzene rings is 1. The maximum atomic E-state index is 12.7. The molecule has 0 aliphatic heterocycles. The molecule has 1 fully saturated rings. The second-order valence-corrected chi connectivity index (χ2v) is 5.07. The summed E-state index contributed by atoms with van der Waals surface area (Å²) in [5.74, 6) is -0.183. The maximum Gasteiger partial charge on any atom is 0.416 e. The van der Waals surface area contributed by atoms with E-state index in [1.165, 1.54) is 6.07 Å². The van der Waals surface area contributed by atoms with Crippen LogP contribution in [0.3, 0.4) is 0 Å². The van der Waals surface area contributed by atoms with E-state index in [0.29, 0.717) is 0 Å². The molecule has 0 aromatic heterocycles. The molecule has 21 heavy (non-hydrogen) atoms. The molecule has 0 spiro atoms. The van der Waals surface area contributed by atoms with Gasteiger partial charge in [0.25, 0.3) is 0 Å². The molecule has 4 nitrogen and oxygen atoms in total. The van der Waals surface area contributed by atoms with Gasteiger partial charge >= 0.3 is 6.18 Å². The van der Waals surface area contributed by atoms with E-state index in [9.17, 15) is 13.2 Å². The second kappa shape index (κ2) is 6.24. The first-order valence-electron chi connectivity index (χ1n) is 6.77. The van der Waals surface area contributed by atoms with Gasteiger partial charge in [0.15, 0.2) is 5.84 Å². The number of rotatable bonds is 3. The first-order chi connectivity index (χ1) is 9.91. The topological polar surface area (TPSA) is 67.8 Å². The van der Waals surface area contributed by atoms with Gasteiger partial charge in [-0.05, 0) is 43.9 Å². The van der Waals surface area contributed by atoms with E-state index in [1.807, 2.05) is 0 Å². The summed E-state index contributed by atoms with van der Waals surface area (Å²) in [5, 5.41) is 11.5. The molecule has 1 aliphatic rings. The van der Waals surface area contributed by atoms with Crippen molar-refractivity contribution in [3.8, 4) is 5.75 Å². The van der Waals surface area contributed by atoms with Gasteiger partial charge in [0.1, 0.15) is 5.75 Å². The Morgan fingerprint density at radius 1 is 1.24 bits per heavy atom. The summed E-state index contributed by atoms with van der Waals surface area (Å²) >= 11 is 0. The number of hydrogen-bond acceptors (Lipinski definition) is 3. The predicted octanol–water partition coefficient (Wildman–Crippen LogP) is 3.51. The average molecular weight is 302 g/mol. The third-order valence-electron chi connectivity index (χ3n) is 3.54. The van der Waals surface area contributed by atoms with Crippen LogP contribution in [0, 0.1) is 0 Å². The number of ether oxygens (including phenoxy) is 1. The van der Waals surface area contributed by atoms with E-state index >= 15 is 0 Å². The summed E-state index contributed by atoms with van der Waals surface area (Å²) in [4.78, 5) is 0. The first kappa shape index (κ1) is 15.5. The normalized spacial score (nSPS) is 17.8. The molecule has 0 saturated heterocycles. The van der Waals surface area contributed by atoms with Gasteiger partial charge in [-0.1, -0.05) is 11.6 Å². The molecule has 0 heterocycles. The van der Waals surface area contributed by atoms with Gasteiger partial charge in [-0.25, -0.2) is 0 Å². The zero-order valence-corrected chi connectivity index (χ0v) is 11.4. The molecular weight excluding hydrogens is 285 g/mol. The molecule has 1 saturated carbocycles. The summed E-state index contributed by atoms with van der Waals surface area (Å²) in [6.07, 6.45) is 0.385. The third-order valence-corrected chi connectivity index (χ3v) is 3.54. The largest absolute Gasteiger partial charge is 0.490 e. The fourth-order valence-corrected chi connectivity index (χ4v) is 2.43. The van der Waals surface area contributed by atoms with E-state index in [1.54, 1.807) is 0 Å². The van der Waals surface area contributed by atoms with E-state index in [4.69, 9.17) is 15.7 Å². The van der Waals surface area contributed by atoms with E-state index in [0.717, 1.165) is 44.2 Å². The summed E-state index contributed by atoms with van der Waals surface area (Å²) < 4.78 is 44.0. The SMILES string of the molecule is N/C(=N\O)c1cc(C(F)(F)F)ccc1OC1CCCCC1. The molecule has 1 aromatic rings. The molecule has 1 aliphatic carbocycles. The lowest BCUT2D eigenvalue weighted by Crippen LogP contribution is -2.23. The van der Waals surface area contributed by atoms with E-state index in [-0.39, 0.29) is 17.4 Å². The Labute approximate surface area is 120 Å². The Morgan fingerprint density at radius 2 is 1.90 bits per heavy atom. The number of halogens is 3. The molecule has 1 aromatic carbocycles. The Kier molecular flexibility index (Phi) is 4.59. The van der Waals surface area contributed by atoms with Crippen LogP contribution in [-0.2, 0) is 6.18 Å². The van der Waals surface area contributed by atoms with Gasteiger partial charge in [0.05, 0.1) is 17.2 Å². The van der Waals surface area contributed by atoms with Gasteiger partial charge in [-0.15, -0.1) is 0 Å². The maximum absolute atomic E-state index is 12.7. The average Bonchev–Trinajstić information content (AvgIpc) is 2.47. The number of nitrogens with two attached hydrogens (primary N) is 1. The lowest BCUT2D eigenvalue weighted by atomic mass is 9.97. The van der Waals surface area contributed by atoms with Crippen molar-refractivity contribution in [1.29, 1.82) is 0 Å². The van der Waals surface area contributed by atoms with Gasteiger partial charge in [-0.3, -0.25) is 0 Å². The lowest BCUT2D eigenvalue weighted by Gasteiger charge is -2.24. The zero-order chi connectivity index (χ0) is 15.5. The van der Waals surface area contributed by atoms with Crippen LogP contribution >= 0.6 is 0 Å². The van der Waals surface area contributed by atoms with Crippen molar-refractivity contribution in [1.82, 2.24) is 0 Å². The van der Waals surface area contributed by atoms with E-state index in [2.05, 4.69) is 5.16 Å². The monoisotopic (exact) mass is 302 g/mol. The Morgan fingerprint density at radius 3 is 2.48 bits per heavy atom. The second-order valence-electron chi connectivity index (χ2n) is 5.07. The third kappa shape index (κ3) is 3.80. The number of nitrogens with zero attached hydrogens (tertiary/aromatic N) is 1. The van der Waals surface area contributed by atoms with E-state index < -0.39 is 17.6 Å². The van der Waals surface area contributed by atoms with Crippen LogP contribution in [0.2, 0.25) is 0 Å². The standard InChI is InChI=1S/C14H17F3N2O2/c15-14(16,17)9-6-7-12(11(8-9)13(18)19-20)21-10-4-2-1-3-5-10/h6-8,10,20H,1-5H2,(H2,18,19). The van der Waals surface area contributed by atoms with Gasteiger partial charge in [-0.2, -0.15) is 13.2 Å². The van der Waals surface area contributed by atoms with Crippen LogP contribution < -0.4 is 10.5 Å². The number of oxime groups is 1. The Hall–Kier alpha value is -1.92. The summed E-state index contributed by atoms with van der Waals surface area (Å²) in [7, 11) is 0. The van der Waals surface area contributed by atoms with Crippen LogP contribution in [0.1, 0.15) is 43.2 Å². The quantitative estimate of drug-likeness (QED) is 0.388. The smallest absolute Gasteiger partial charge is 0.416 e. The summed E-state index contributed by atoms with van der Waals surface area (Å²) in [6, 6.07) is 3.00. The minimum Gasteiger partial charge on any atom is -0.490 e. The summed E-state index contributed by atoms with van der Waals surface area (Å²) in [5.41, 5.74) is 4.56. The van der Waals surface area contributed by atoms with Crippen molar-refractivity contribution in [2.45, 2.75) is 44.4 Å². The fraction of sp³-hybridized carbons (Fsp3) is 0.500. The van der Waals surface area contributed by atoms with Crippen LogP contribution in [0.15, 0.2) is 23.4 Å². The van der Waals surface area contributed by atoms with Crippen LogP contribution in [0.4, 0.5) is 13.2 Å². The van der Waals surface area contributed by atoms with Crippen molar-refractivity contribution >= 4 is 5.84 Å². The number of hydrogen-bond donors (Lipinski definition) is 2. The molecule has 0 amide bonds. The molecule has 0 atom stereocenters. The highest BCUT2D eigenvalue weighted by Gasteiger charge is 2.32. The van der Waals surface area contributed by atoms with Gasteiger partial charge < -0.3 is 15.7 Å². The molecule has 3 N–H and O–H groups in total. The molecular formula is C14H17F3N2O2. The van der Waals surface area contributed by atoms with Crippen LogP contribution in [0.5, 0.6) is 5.75 Å². The summed E-state index contributed by atoms with van der Waals surface area (Å²) in [6.45, 7) is 0. The molecule has 0 bridgehead atoms. The molecule has 7 heteroatoms.